The molecule has 0 bridgehead atoms. The topological polar surface area (TPSA) is 49.9 Å². The lowest BCUT2D eigenvalue weighted by atomic mass is 10.1. The van der Waals surface area contributed by atoms with Crippen molar-refractivity contribution in [2.75, 3.05) is 26.2 Å². The van der Waals surface area contributed by atoms with Gasteiger partial charge in [-0.25, -0.2) is 0 Å². The van der Waals surface area contributed by atoms with Crippen LogP contribution in [0.25, 0.3) is 0 Å². The van der Waals surface area contributed by atoms with Crippen molar-refractivity contribution in [3.63, 3.8) is 0 Å². The van der Waals surface area contributed by atoms with Crippen LogP contribution in [0.2, 0.25) is 5.02 Å². The highest BCUT2D eigenvalue weighted by molar-refractivity contribution is 6.30. The van der Waals surface area contributed by atoms with Crippen LogP contribution in [0, 0.1) is 5.92 Å². The predicted molar refractivity (Wildman–Crippen MR) is 94.2 cm³/mol. The standard InChI is InChI=1S/C18H25ClN2O3/c1-13(2)12-17(22)20-8-10-21(11-9-20)18(23)14(3)24-16-6-4-15(19)5-7-16/h4-7,13-14H,8-12H2,1-3H3. The third-order valence-electron chi connectivity index (χ3n) is 4.00. The lowest BCUT2D eigenvalue weighted by Gasteiger charge is -2.36. The molecule has 1 fully saturated rings. The molecule has 2 amide bonds. The fourth-order valence-electron chi connectivity index (χ4n) is 2.68. The Labute approximate surface area is 148 Å². The van der Waals surface area contributed by atoms with Crippen LogP contribution in [0.4, 0.5) is 0 Å². The van der Waals surface area contributed by atoms with Crippen LogP contribution in [0.1, 0.15) is 27.2 Å². The summed E-state index contributed by atoms with van der Waals surface area (Å²) in [6, 6.07) is 6.95. The number of hydrogen-bond acceptors (Lipinski definition) is 3. The van der Waals surface area contributed by atoms with Gasteiger partial charge in [-0.05, 0) is 37.1 Å². The Hall–Kier alpha value is -1.75. The molecule has 0 N–H and O–H groups in total. The van der Waals surface area contributed by atoms with Gasteiger partial charge in [-0.2, -0.15) is 0 Å². The highest BCUT2D eigenvalue weighted by atomic mass is 35.5. The molecule has 1 atom stereocenters. The second kappa shape index (κ2) is 8.38. The summed E-state index contributed by atoms with van der Waals surface area (Å²) in [6.45, 7) is 8.10. The van der Waals surface area contributed by atoms with E-state index in [1.54, 1.807) is 36.1 Å². The van der Waals surface area contributed by atoms with Crippen molar-refractivity contribution in [2.24, 2.45) is 5.92 Å². The quantitative estimate of drug-likeness (QED) is 0.818. The minimum atomic E-state index is -0.566. The zero-order valence-electron chi connectivity index (χ0n) is 14.5. The SMILES string of the molecule is CC(C)CC(=O)N1CCN(C(=O)C(C)Oc2ccc(Cl)cc2)CC1. The van der Waals surface area contributed by atoms with Crippen LogP contribution in [0.3, 0.4) is 0 Å². The first-order valence-electron chi connectivity index (χ1n) is 8.35. The number of amides is 2. The van der Waals surface area contributed by atoms with Crippen molar-refractivity contribution >= 4 is 23.4 Å². The van der Waals surface area contributed by atoms with Gasteiger partial charge in [0, 0.05) is 37.6 Å². The van der Waals surface area contributed by atoms with E-state index in [1.807, 2.05) is 18.7 Å². The van der Waals surface area contributed by atoms with Crippen LogP contribution < -0.4 is 4.74 Å². The van der Waals surface area contributed by atoms with Crippen LogP contribution in [0.5, 0.6) is 5.75 Å². The molecule has 1 aromatic rings. The van der Waals surface area contributed by atoms with Gasteiger partial charge in [0.15, 0.2) is 6.10 Å². The Kier molecular flexibility index (Phi) is 6.49. The minimum Gasteiger partial charge on any atom is -0.481 e. The van der Waals surface area contributed by atoms with Gasteiger partial charge >= 0.3 is 0 Å². The summed E-state index contributed by atoms with van der Waals surface area (Å²) < 4.78 is 5.68. The van der Waals surface area contributed by atoms with Gasteiger partial charge in [-0.15, -0.1) is 0 Å². The van der Waals surface area contributed by atoms with Gasteiger partial charge in [0.2, 0.25) is 5.91 Å². The van der Waals surface area contributed by atoms with Crippen molar-refractivity contribution in [2.45, 2.75) is 33.3 Å². The molecule has 0 spiro atoms. The van der Waals surface area contributed by atoms with E-state index in [9.17, 15) is 9.59 Å². The molecule has 6 heteroatoms. The number of carbonyl (C=O) groups excluding carboxylic acids is 2. The van der Waals surface area contributed by atoms with E-state index in [0.717, 1.165) is 0 Å². The lowest BCUT2D eigenvalue weighted by molar-refractivity contribution is -0.144. The Balaban J connectivity index is 1.83. The van der Waals surface area contributed by atoms with E-state index < -0.39 is 6.10 Å². The Morgan fingerprint density at radius 1 is 1.04 bits per heavy atom. The molecule has 132 valence electrons. The van der Waals surface area contributed by atoms with Gasteiger partial charge in [0.05, 0.1) is 0 Å². The van der Waals surface area contributed by atoms with Crippen LogP contribution in [-0.4, -0.2) is 53.9 Å². The molecule has 1 heterocycles. The smallest absolute Gasteiger partial charge is 0.263 e. The molecule has 0 radical (unpaired) electrons. The van der Waals surface area contributed by atoms with Gasteiger partial charge in [-0.1, -0.05) is 25.4 Å². The second-order valence-corrected chi connectivity index (χ2v) is 6.95. The number of hydrogen-bond donors (Lipinski definition) is 0. The number of benzene rings is 1. The maximum absolute atomic E-state index is 12.5. The Morgan fingerprint density at radius 3 is 2.12 bits per heavy atom. The third kappa shape index (κ3) is 5.13. The molecular weight excluding hydrogens is 328 g/mol. The number of carbonyl (C=O) groups is 2. The highest BCUT2D eigenvalue weighted by Crippen LogP contribution is 2.18. The van der Waals surface area contributed by atoms with E-state index in [2.05, 4.69) is 0 Å². The lowest BCUT2D eigenvalue weighted by Crippen LogP contribution is -2.53. The third-order valence-corrected chi connectivity index (χ3v) is 4.25. The Morgan fingerprint density at radius 2 is 1.58 bits per heavy atom. The molecule has 1 saturated heterocycles. The highest BCUT2D eigenvalue weighted by Gasteiger charge is 2.27. The van der Waals surface area contributed by atoms with E-state index in [0.29, 0.717) is 49.3 Å². The molecule has 1 unspecified atom stereocenters. The number of halogens is 1. The van der Waals surface area contributed by atoms with E-state index in [1.165, 1.54) is 0 Å². The summed E-state index contributed by atoms with van der Waals surface area (Å²) in [5.41, 5.74) is 0. The van der Waals surface area contributed by atoms with E-state index in [4.69, 9.17) is 16.3 Å². The molecule has 0 aliphatic carbocycles. The summed E-state index contributed by atoms with van der Waals surface area (Å²) in [5, 5.41) is 0.628. The minimum absolute atomic E-state index is 0.0547. The fourth-order valence-corrected chi connectivity index (χ4v) is 2.81. The first kappa shape index (κ1) is 18.6. The van der Waals surface area contributed by atoms with Crippen molar-refractivity contribution in [3.8, 4) is 5.75 Å². The molecular formula is C18H25ClN2O3. The van der Waals surface area contributed by atoms with Crippen LogP contribution in [0.15, 0.2) is 24.3 Å². The van der Waals surface area contributed by atoms with Gasteiger partial charge < -0.3 is 14.5 Å². The molecule has 1 aliphatic rings. The molecule has 2 rings (SSSR count). The summed E-state index contributed by atoms with van der Waals surface area (Å²) in [5.74, 6) is 1.08. The first-order valence-corrected chi connectivity index (χ1v) is 8.73. The van der Waals surface area contributed by atoms with Gasteiger partial charge in [-0.3, -0.25) is 9.59 Å². The normalized spacial score (nSPS) is 16.2. The Bertz CT molecular complexity index is 566. The molecule has 5 nitrogen and oxygen atoms in total. The zero-order chi connectivity index (χ0) is 17.7. The second-order valence-electron chi connectivity index (χ2n) is 6.52. The monoisotopic (exact) mass is 352 g/mol. The average molecular weight is 353 g/mol. The predicted octanol–water partition coefficient (Wildman–Crippen LogP) is 2.82. The molecule has 1 aromatic carbocycles. The van der Waals surface area contributed by atoms with E-state index >= 15 is 0 Å². The van der Waals surface area contributed by atoms with E-state index in [-0.39, 0.29) is 11.8 Å². The summed E-state index contributed by atoms with van der Waals surface area (Å²) >= 11 is 5.84. The fraction of sp³-hybridized carbons (Fsp3) is 0.556. The number of rotatable bonds is 5. The van der Waals surface area contributed by atoms with Crippen molar-refractivity contribution in [1.29, 1.82) is 0 Å². The number of piperazine rings is 1. The first-order chi connectivity index (χ1) is 11.4. The maximum Gasteiger partial charge on any atom is 0.263 e. The largest absolute Gasteiger partial charge is 0.481 e. The van der Waals surface area contributed by atoms with Crippen molar-refractivity contribution in [1.82, 2.24) is 9.80 Å². The molecule has 1 aliphatic heterocycles. The number of ether oxygens (including phenoxy) is 1. The summed E-state index contributed by atoms with van der Waals surface area (Å²) in [6.07, 6.45) is -0.00611. The average Bonchev–Trinajstić information content (AvgIpc) is 2.55. The zero-order valence-corrected chi connectivity index (χ0v) is 15.3. The summed E-state index contributed by atoms with van der Waals surface area (Å²) in [7, 11) is 0. The van der Waals surface area contributed by atoms with Crippen LogP contribution in [-0.2, 0) is 9.59 Å². The van der Waals surface area contributed by atoms with Gasteiger partial charge in [0.1, 0.15) is 5.75 Å². The molecule has 0 aromatic heterocycles. The van der Waals surface area contributed by atoms with Crippen molar-refractivity contribution < 1.29 is 14.3 Å². The van der Waals surface area contributed by atoms with Crippen molar-refractivity contribution in [3.05, 3.63) is 29.3 Å². The van der Waals surface area contributed by atoms with Gasteiger partial charge in [0.25, 0.3) is 5.91 Å². The van der Waals surface area contributed by atoms with Crippen LogP contribution >= 0.6 is 11.6 Å². The number of nitrogens with zero attached hydrogens (tertiary/aromatic N) is 2. The maximum atomic E-state index is 12.5. The molecule has 24 heavy (non-hydrogen) atoms. The molecule has 0 saturated carbocycles. The summed E-state index contributed by atoms with van der Waals surface area (Å²) in [4.78, 5) is 28.2.